The van der Waals surface area contributed by atoms with Crippen LogP contribution in [0.3, 0.4) is 0 Å². The van der Waals surface area contributed by atoms with Gasteiger partial charge in [0, 0.05) is 45.0 Å². The van der Waals surface area contributed by atoms with E-state index in [0.29, 0.717) is 5.92 Å². The van der Waals surface area contributed by atoms with Crippen molar-refractivity contribution in [2.45, 2.75) is 33.1 Å². The smallest absolute Gasteiger partial charge is 0.190 e. The summed E-state index contributed by atoms with van der Waals surface area (Å²) in [5, 5.41) is 10.0. The first-order valence-corrected chi connectivity index (χ1v) is 8.71. The molecule has 2 N–H and O–H groups in total. The number of aromatic nitrogens is 1. The molecule has 2 rings (SSSR count). The quantitative estimate of drug-likeness (QED) is 0.624. The van der Waals surface area contributed by atoms with E-state index in [2.05, 4.69) is 39.8 Å². The van der Waals surface area contributed by atoms with E-state index in [9.17, 15) is 0 Å². The lowest BCUT2D eigenvalue weighted by atomic mass is 10.2. The summed E-state index contributed by atoms with van der Waals surface area (Å²) in [4.78, 5) is 11.4. The number of rotatable bonds is 6. The minimum absolute atomic E-state index is 0.616. The minimum atomic E-state index is 0.616. The number of thiazole rings is 1. The Kier molecular flexibility index (Phi) is 6.29. The third kappa shape index (κ3) is 5.19. The van der Waals surface area contributed by atoms with Crippen LogP contribution in [0.15, 0.2) is 10.4 Å². The average Bonchev–Trinajstić information content (AvgIpc) is 3.12. The molecular formula is C15H27N5S. The molecular weight excluding hydrogens is 282 g/mol. The van der Waals surface area contributed by atoms with Gasteiger partial charge < -0.3 is 15.5 Å². The molecule has 21 heavy (non-hydrogen) atoms. The van der Waals surface area contributed by atoms with Crippen molar-refractivity contribution in [3.05, 3.63) is 11.1 Å². The normalized spacial score (nSPS) is 15.8. The maximum atomic E-state index is 4.73. The molecule has 0 aromatic carbocycles. The van der Waals surface area contributed by atoms with E-state index in [-0.39, 0.29) is 0 Å². The summed E-state index contributed by atoms with van der Waals surface area (Å²) in [6.07, 6.45) is 3.54. The molecule has 0 bridgehead atoms. The summed E-state index contributed by atoms with van der Waals surface area (Å²) in [5.41, 5.74) is 1.17. The molecule has 1 aromatic heterocycles. The molecule has 6 heteroatoms. The number of anilines is 1. The van der Waals surface area contributed by atoms with Gasteiger partial charge in [0.2, 0.25) is 0 Å². The van der Waals surface area contributed by atoms with Crippen LogP contribution >= 0.6 is 11.3 Å². The highest BCUT2D eigenvalue weighted by Crippen LogP contribution is 2.24. The highest BCUT2D eigenvalue weighted by molar-refractivity contribution is 7.13. The maximum absolute atomic E-state index is 4.73. The van der Waals surface area contributed by atoms with Gasteiger partial charge in [0.15, 0.2) is 11.1 Å². The van der Waals surface area contributed by atoms with Crippen LogP contribution in [0, 0.1) is 5.92 Å². The van der Waals surface area contributed by atoms with Gasteiger partial charge in [0.1, 0.15) is 0 Å². The maximum Gasteiger partial charge on any atom is 0.190 e. The summed E-state index contributed by atoms with van der Waals surface area (Å²) < 4.78 is 0. The minimum Gasteiger partial charge on any atom is -0.356 e. The van der Waals surface area contributed by atoms with Crippen molar-refractivity contribution < 1.29 is 0 Å². The summed E-state index contributed by atoms with van der Waals surface area (Å²) in [5.74, 6) is 1.49. The van der Waals surface area contributed by atoms with Crippen molar-refractivity contribution in [2.75, 3.05) is 38.1 Å². The lowest BCUT2D eigenvalue weighted by Crippen LogP contribution is -2.39. The molecule has 0 amide bonds. The Hall–Kier alpha value is -1.30. The summed E-state index contributed by atoms with van der Waals surface area (Å²) >= 11 is 1.77. The standard InChI is InChI=1S/C15H27N5S/c1-12(2)10-18-14(16-3)17-7-6-13-11-21-15(19-13)20-8-4-5-9-20/h11-12H,4-10H2,1-3H3,(H2,16,17,18). The van der Waals surface area contributed by atoms with E-state index in [1.54, 1.807) is 11.3 Å². The van der Waals surface area contributed by atoms with Gasteiger partial charge in [-0.3, -0.25) is 4.99 Å². The molecule has 1 aliphatic heterocycles. The number of aliphatic imine (C=N–C) groups is 1. The van der Waals surface area contributed by atoms with Crippen LogP contribution in [-0.2, 0) is 6.42 Å². The van der Waals surface area contributed by atoms with Crippen LogP contribution in [0.5, 0.6) is 0 Å². The topological polar surface area (TPSA) is 52.6 Å². The highest BCUT2D eigenvalue weighted by Gasteiger charge is 2.15. The zero-order valence-electron chi connectivity index (χ0n) is 13.4. The lowest BCUT2D eigenvalue weighted by molar-refractivity contribution is 0.614. The van der Waals surface area contributed by atoms with Gasteiger partial charge in [-0.05, 0) is 18.8 Å². The molecule has 1 aromatic rings. The van der Waals surface area contributed by atoms with Crippen LogP contribution in [0.25, 0.3) is 0 Å². The molecule has 0 aliphatic carbocycles. The van der Waals surface area contributed by atoms with Gasteiger partial charge in [-0.15, -0.1) is 11.3 Å². The fraction of sp³-hybridized carbons (Fsp3) is 0.733. The van der Waals surface area contributed by atoms with Crippen molar-refractivity contribution in [1.82, 2.24) is 15.6 Å². The molecule has 1 fully saturated rings. The van der Waals surface area contributed by atoms with E-state index in [0.717, 1.165) is 38.6 Å². The van der Waals surface area contributed by atoms with Crippen LogP contribution < -0.4 is 15.5 Å². The molecule has 0 spiro atoms. The summed E-state index contributed by atoms with van der Waals surface area (Å²) in [6, 6.07) is 0. The Balaban J connectivity index is 1.72. The van der Waals surface area contributed by atoms with Crippen LogP contribution in [0.2, 0.25) is 0 Å². The molecule has 118 valence electrons. The third-order valence-electron chi connectivity index (χ3n) is 3.49. The van der Waals surface area contributed by atoms with Crippen LogP contribution in [0.1, 0.15) is 32.4 Å². The van der Waals surface area contributed by atoms with Crippen molar-refractivity contribution in [1.29, 1.82) is 0 Å². The van der Waals surface area contributed by atoms with Gasteiger partial charge in [-0.25, -0.2) is 4.98 Å². The zero-order valence-corrected chi connectivity index (χ0v) is 14.2. The Labute approximate surface area is 131 Å². The second-order valence-electron chi connectivity index (χ2n) is 5.84. The number of hydrogen-bond donors (Lipinski definition) is 2. The Morgan fingerprint density at radius 1 is 1.38 bits per heavy atom. The molecule has 5 nitrogen and oxygen atoms in total. The first-order valence-electron chi connectivity index (χ1n) is 7.83. The van der Waals surface area contributed by atoms with Crippen molar-refractivity contribution >= 4 is 22.4 Å². The van der Waals surface area contributed by atoms with Gasteiger partial charge in [-0.1, -0.05) is 13.8 Å². The van der Waals surface area contributed by atoms with Crippen LogP contribution in [0.4, 0.5) is 5.13 Å². The predicted octanol–water partition coefficient (Wildman–Crippen LogP) is 2.11. The fourth-order valence-electron chi connectivity index (χ4n) is 2.30. The van der Waals surface area contributed by atoms with E-state index in [1.807, 2.05) is 7.05 Å². The third-order valence-corrected chi connectivity index (χ3v) is 4.44. The lowest BCUT2D eigenvalue weighted by Gasteiger charge is -2.13. The van der Waals surface area contributed by atoms with Crippen molar-refractivity contribution in [2.24, 2.45) is 10.9 Å². The Bertz CT molecular complexity index is 449. The summed E-state index contributed by atoms with van der Waals surface area (Å²) in [6.45, 7) is 8.51. The number of nitrogens with zero attached hydrogens (tertiary/aromatic N) is 3. The molecule has 2 heterocycles. The van der Waals surface area contributed by atoms with Crippen molar-refractivity contribution in [3.63, 3.8) is 0 Å². The number of nitrogens with one attached hydrogen (secondary N) is 2. The van der Waals surface area contributed by atoms with E-state index in [4.69, 9.17) is 4.98 Å². The first-order chi connectivity index (χ1) is 10.2. The van der Waals surface area contributed by atoms with Gasteiger partial charge in [0.25, 0.3) is 0 Å². The molecule has 1 saturated heterocycles. The molecule has 0 radical (unpaired) electrons. The van der Waals surface area contributed by atoms with E-state index in [1.165, 1.54) is 23.7 Å². The van der Waals surface area contributed by atoms with Crippen LogP contribution in [-0.4, -0.2) is 44.2 Å². The number of hydrogen-bond acceptors (Lipinski definition) is 4. The zero-order chi connectivity index (χ0) is 15.1. The largest absolute Gasteiger partial charge is 0.356 e. The Morgan fingerprint density at radius 3 is 2.81 bits per heavy atom. The predicted molar refractivity (Wildman–Crippen MR) is 91.5 cm³/mol. The Morgan fingerprint density at radius 2 is 2.14 bits per heavy atom. The van der Waals surface area contributed by atoms with E-state index >= 15 is 0 Å². The van der Waals surface area contributed by atoms with Gasteiger partial charge >= 0.3 is 0 Å². The monoisotopic (exact) mass is 309 g/mol. The van der Waals surface area contributed by atoms with Gasteiger partial charge in [-0.2, -0.15) is 0 Å². The summed E-state index contributed by atoms with van der Waals surface area (Å²) in [7, 11) is 1.81. The fourth-order valence-corrected chi connectivity index (χ4v) is 3.21. The molecule has 0 unspecified atom stereocenters. The molecule has 0 atom stereocenters. The SMILES string of the molecule is CN=C(NCCc1csc(N2CCCC2)n1)NCC(C)C. The average molecular weight is 309 g/mol. The second-order valence-corrected chi connectivity index (χ2v) is 6.68. The first kappa shape index (κ1) is 16.1. The second kappa shape index (κ2) is 8.22. The van der Waals surface area contributed by atoms with E-state index < -0.39 is 0 Å². The van der Waals surface area contributed by atoms with Crippen molar-refractivity contribution in [3.8, 4) is 0 Å². The number of guanidine groups is 1. The molecule has 0 saturated carbocycles. The molecule has 1 aliphatic rings. The van der Waals surface area contributed by atoms with Gasteiger partial charge in [0.05, 0.1) is 5.69 Å². The highest BCUT2D eigenvalue weighted by atomic mass is 32.1.